The zero-order chi connectivity index (χ0) is 26.3. The second-order valence-corrected chi connectivity index (χ2v) is 7.95. The molecule has 1 amide bonds. The number of hydrogen-bond donors (Lipinski definition) is 1. The van der Waals surface area contributed by atoms with E-state index in [2.05, 4.69) is 78.2 Å². The lowest BCUT2D eigenvalue weighted by atomic mass is 10.2. The number of unbranched alkanes of at least 4 members (excludes halogenated alkanes) is 1. The van der Waals surface area contributed by atoms with Crippen LogP contribution in [0.1, 0.15) is 58.3 Å². The number of carbonyl (C=O) groups is 1. The Bertz CT molecular complexity index is 897. The summed E-state index contributed by atoms with van der Waals surface area (Å²) in [6.07, 6.45) is 32.9. The topological polar surface area (TPSA) is 56.8 Å². The van der Waals surface area contributed by atoms with Gasteiger partial charge in [-0.25, -0.2) is 0 Å². The molecular weight excluding hydrogens is 450 g/mol. The van der Waals surface area contributed by atoms with Gasteiger partial charge >= 0.3 is 0 Å². The van der Waals surface area contributed by atoms with E-state index < -0.39 is 0 Å². The highest BCUT2D eigenvalue weighted by Gasteiger charge is 2.15. The van der Waals surface area contributed by atoms with E-state index in [0.29, 0.717) is 29.4 Å². The van der Waals surface area contributed by atoms with Crippen molar-refractivity contribution in [3.8, 4) is 17.2 Å². The summed E-state index contributed by atoms with van der Waals surface area (Å²) < 4.78 is 16.0. The number of anilines is 1. The van der Waals surface area contributed by atoms with Gasteiger partial charge in [0.2, 0.25) is 5.91 Å². The average molecular weight is 494 g/mol. The monoisotopic (exact) mass is 493 g/mol. The van der Waals surface area contributed by atoms with Gasteiger partial charge in [-0.05, 0) is 51.9 Å². The van der Waals surface area contributed by atoms with E-state index in [0.717, 1.165) is 44.9 Å². The van der Waals surface area contributed by atoms with E-state index in [-0.39, 0.29) is 5.91 Å². The van der Waals surface area contributed by atoms with Crippen LogP contribution in [0, 0.1) is 0 Å². The molecule has 0 saturated heterocycles. The van der Waals surface area contributed by atoms with Gasteiger partial charge in [0.25, 0.3) is 0 Å². The van der Waals surface area contributed by atoms with Gasteiger partial charge in [-0.3, -0.25) is 4.79 Å². The summed E-state index contributed by atoms with van der Waals surface area (Å²) in [4.78, 5) is 12.4. The highest BCUT2D eigenvalue weighted by Crippen LogP contribution is 2.38. The third-order valence-corrected chi connectivity index (χ3v) is 5.18. The molecule has 36 heavy (non-hydrogen) atoms. The van der Waals surface area contributed by atoms with E-state index in [1.54, 1.807) is 33.5 Å². The number of allylic oxidation sites excluding steroid dienone is 12. The number of hydrogen-bond acceptors (Lipinski definition) is 4. The highest BCUT2D eigenvalue weighted by atomic mass is 16.5. The van der Waals surface area contributed by atoms with Crippen LogP contribution < -0.4 is 19.5 Å². The molecule has 0 aliphatic rings. The molecule has 0 aliphatic carbocycles. The van der Waals surface area contributed by atoms with Crippen molar-refractivity contribution in [3.63, 3.8) is 0 Å². The Balaban J connectivity index is 2.19. The first-order valence-electron chi connectivity index (χ1n) is 12.6. The molecule has 0 aliphatic heterocycles. The van der Waals surface area contributed by atoms with Crippen molar-refractivity contribution in [3.05, 3.63) is 85.0 Å². The van der Waals surface area contributed by atoms with Crippen LogP contribution in [0.3, 0.4) is 0 Å². The van der Waals surface area contributed by atoms with Gasteiger partial charge in [-0.15, -0.1) is 0 Å². The van der Waals surface area contributed by atoms with E-state index in [1.165, 1.54) is 0 Å². The van der Waals surface area contributed by atoms with E-state index in [9.17, 15) is 4.79 Å². The Morgan fingerprint density at radius 3 is 1.56 bits per heavy atom. The van der Waals surface area contributed by atoms with E-state index >= 15 is 0 Å². The second-order valence-electron chi connectivity index (χ2n) is 7.95. The summed E-state index contributed by atoms with van der Waals surface area (Å²) in [5.74, 6) is 1.53. The van der Waals surface area contributed by atoms with E-state index in [4.69, 9.17) is 14.2 Å². The minimum atomic E-state index is -0.0763. The van der Waals surface area contributed by atoms with E-state index in [1.807, 2.05) is 6.92 Å². The van der Waals surface area contributed by atoms with Crippen molar-refractivity contribution >= 4 is 11.6 Å². The number of rotatable bonds is 18. The second kappa shape index (κ2) is 20.9. The van der Waals surface area contributed by atoms with Crippen molar-refractivity contribution in [2.75, 3.05) is 26.6 Å². The number of methoxy groups -OCH3 is 3. The maximum absolute atomic E-state index is 12.4. The maximum Gasteiger partial charge on any atom is 0.224 e. The number of carbonyl (C=O) groups excluding carboxylic acids is 1. The van der Waals surface area contributed by atoms with Crippen LogP contribution in [-0.4, -0.2) is 27.2 Å². The van der Waals surface area contributed by atoms with Gasteiger partial charge in [0.05, 0.1) is 21.3 Å². The molecule has 0 unspecified atom stereocenters. The van der Waals surface area contributed by atoms with Crippen LogP contribution in [0.15, 0.2) is 85.0 Å². The molecule has 0 radical (unpaired) electrons. The Hall–Kier alpha value is -3.47. The Morgan fingerprint density at radius 2 is 1.14 bits per heavy atom. The van der Waals surface area contributed by atoms with Crippen molar-refractivity contribution in [2.45, 2.75) is 58.3 Å². The molecule has 0 spiro atoms. The minimum absolute atomic E-state index is 0.0763. The smallest absolute Gasteiger partial charge is 0.224 e. The van der Waals surface area contributed by atoms with Gasteiger partial charge in [-0.2, -0.15) is 0 Å². The Morgan fingerprint density at radius 1 is 0.694 bits per heavy atom. The first kappa shape index (κ1) is 30.6. The molecule has 1 N–H and O–H groups in total. The predicted molar refractivity (Wildman–Crippen MR) is 152 cm³/mol. The summed E-state index contributed by atoms with van der Waals surface area (Å²) in [5.41, 5.74) is 0.518. The molecule has 5 heteroatoms. The lowest BCUT2D eigenvalue weighted by Gasteiger charge is -2.15. The SMILES string of the molecule is C/C=C/C/C=C/C/C=C/C/C=C/C/C=C/C/C=C/CCCC(=O)Nc1c(OC)cc(OC)cc1OC. The molecule has 196 valence electrons. The Labute approximate surface area is 217 Å². The lowest BCUT2D eigenvalue weighted by molar-refractivity contribution is -0.116. The van der Waals surface area contributed by atoms with Crippen LogP contribution in [0.25, 0.3) is 0 Å². The van der Waals surface area contributed by atoms with Gasteiger partial charge < -0.3 is 19.5 Å². The van der Waals surface area contributed by atoms with Crippen molar-refractivity contribution < 1.29 is 19.0 Å². The Kier molecular flexibility index (Phi) is 17.7. The summed E-state index contributed by atoms with van der Waals surface area (Å²) in [6.45, 7) is 2.04. The normalized spacial score (nSPS) is 12.2. The molecule has 0 fully saturated rings. The number of ether oxygens (including phenoxy) is 3. The van der Waals surface area contributed by atoms with Gasteiger partial charge in [0.1, 0.15) is 22.9 Å². The first-order valence-corrected chi connectivity index (χ1v) is 12.6. The van der Waals surface area contributed by atoms with Gasteiger partial charge in [-0.1, -0.05) is 72.9 Å². The standard InChI is InChI=1S/C31H43NO4/c1-5-6-7-8-9-10-11-12-13-14-15-16-17-18-19-20-21-22-23-24-30(33)32-31-28(35-3)25-27(34-2)26-29(31)36-4/h5-6,8-9,11-12,14-15,17-18,20-21,25-26H,7,10,13,16,19,22-24H2,1-4H3,(H,32,33)/b6-5+,9-8+,12-11+,15-14+,18-17+,21-20+. The highest BCUT2D eigenvalue weighted by molar-refractivity contribution is 5.94. The predicted octanol–water partition coefficient (Wildman–Crippen LogP) is 8.13. The van der Waals surface area contributed by atoms with Gasteiger partial charge in [0, 0.05) is 18.6 Å². The molecule has 0 heterocycles. The van der Waals surface area contributed by atoms with Crippen molar-refractivity contribution in [1.82, 2.24) is 0 Å². The zero-order valence-corrected chi connectivity index (χ0v) is 22.4. The van der Waals surface area contributed by atoms with Crippen LogP contribution in [-0.2, 0) is 4.79 Å². The average Bonchev–Trinajstić information content (AvgIpc) is 2.89. The van der Waals surface area contributed by atoms with Crippen molar-refractivity contribution in [1.29, 1.82) is 0 Å². The fraction of sp³-hybridized carbons (Fsp3) is 0.387. The third-order valence-electron chi connectivity index (χ3n) is 5.18. The summed E-state index contributed by atoms with van der Waals surface area (Å²) in [6, 6.07) is 3.43. The molecule has 0 atom stereocenters. The summed E-state index contributed by atoms with van der Waals surface area (Å²) in [5, 5.41) is 2.90. The van der Waals surface area contributed by atoms with Crippen LogP contribution in [0.4, 0.5) is 5.69 Å². The van der Waals surface area contributed by atoms with Crippen LogP contribution >= 0.6 is 0 Å². The molecular formula is C31H43NO4. The third kappa shape index (κ3) is 14.1. The van der Waals surface area contributed by atoms with Crippen molar-refractivity contribution in [2.24, 2.45) is 0 Å². The molecule has 0 bridgehead atoms. The fourth-order valence-corrected chi connectivity index (χ4v) is 3.22. The molecule has 1 aromatic rings. The lowest BCUT2D eigenvalue weighted by Crippen LogP contribution is -2.13. The largest absolute Gasteiger partial charge is 0.496 e. The number of amides is 1. The summed E-state index contributed by atoms with van der Waals surface area (Å²) in [7, 11) is 4.66. The quantitative estimate of drug-likeness (QED) is 0.166. The molecule has 0 aromatic heterocycles. The first-order chi connectivity index (χ1) is 17.7. The molecule has 5 nitrogen and oxygen atoms in total. The molecule has 0 saturated carbocycles. The molecule has 1 rings (SSSR count). The van der Waals surface area contributed by atoms with Crippen LogP contribution in [0.2, 0.25) is 0 Å². The fourth-order valence-electron chi connectivity index (χ4n) is 3.22. The number of nitrogens with one attached hydrogen (secondary N) is 1. The number of benzene rings is 1. The van der Waals surface area contributed by atoms with Gasteiger partial charge in [0.15, 0.2) is 0 Å². The van der Waals surface area contributed by atoms with Crippen LogP contribution in [0.5, 0.6) is 17.2 Å². The maximum atomic E-state index is 12.4. The zero-order valence-electron chi connectivity index (χ0n) is 22.4. The molecule has 1 aromatic carbocycles. The minimum Gasteiger partial charge on any atom is -0.496 e. The summed E-state index contributed by atoms with van der Waals surface area (Å²) >= 11 is 0.